The fourth-order valence-corrected chi connectivity index (χ4v) is 1.04. The smallest absolute Gasteiger partial charge is 0.0128 e. The Morgan fingerprint density at radius 3 is 2.33 bits per heavy atom. The molecule has 45 valence electrons. The number of hydrogen-bond donors (Lipinski definition) is 0. The van der Waals surface area contributed by atoms with Gasteiger partial charge in [-0.3, -0.25) is 0 Å². The van der Waals surface area contributed by atoms with Crippen molar-refractivity contribution in [2.75, 3.05) is 0 Å². The summed E-state index contributed by atoms with van der Waals surface area (Å²) in [6.07, 6.45) is 3.61. The maximum Gasteiger partial charge on any atom is -0.0128 e. The van der Waals surface area contributed by atoms with Gasteiger partial charge in [0.15, 0.2) is 0 Å². The summed E-state index contributed by atoms with van der Waals surface area (Å²) in [5.74, 6) is 0.784. The second-order valence-electron chi connectivity index (χ2n) is 2.49. The minimum atomic E-state index is 0.784. The Kier molecular flexibility index (Phi) is 1.05. The highest BCUT2D eigenvalue weighted by molar-refractivity contribution is 5.28. The Balaban J connectivity index is 2.29. The Morgan fingerprint density at radius 1 is 1.11 bits per heavy atom. The lowest BCUT2D eigenvalue weighted by Gasteiger charge is -1.92. The molecule has 1 aromatic rings. The van der Waals surface area contributed by atoms with Crippen LogP contribution in [0.4, 0.5) is 0 Å². The predicted molar refractivity (Wildman–Crippen MR) is 38.1 cm³/mol. The van der Waals surface area contributed by atoms with Crippen LogP contribution in [0.15, 0.2) is 30.3 Å². The van der Waals surface area contributed by atoms with Crippen molar-refractivity contribution < 1.29 is 0 Å². The molecule has 0 aliphatic heterocycles. The van der Waals surface area contributed by atoms with E-state index >= 15 is 0 Å². The van der Waals surface area contributed by atoms with Gasteiger partial charge in [-0.15, -0.1) is 0 Å². The van der Waals surface area contributed by atoms with Crippen LogP contribution in [0.25, 0.3) is 0 Å². The SMILES string of the molecule is [CH]1C[C@H]1c1ccccc1. The molecule has 0 spiro atoms. The van der Waals surface area contributed by atoms with Crippen LogP contribution >= 0.6 is 0 Å². The molecule has 0 nitrogen and oxygen atoms in total. The van der Waals surface area contributed by atoms with Gasteiger partial charge in [-0.2, -0.15) is 0 Å². The Bertz CT molecular complexity index is 184. The van der Waals surface area contributed by atoms with Crippen LogP contribution in [0.2, 0.25) is 0 Å². The lowest BCUT2D eigenvalue weighted by Crippen LogP contribution is -1.73. The van der Waals surface area contributed by atoms with E-state index < -0.39 is 0 Å². The van der Waals surface area contributed by atoms with Crippen LogP contribution in [0, 0.1) is 6.42 Å². The highest BCUT2D eigenvalue weighted by Gasteiger charge is 2.22. The first kappa shape index (κ1) is 5.04. The standard InChI is InChI=1S/C9H9/c1-2-4-8(5-3-1)9-6-7-9/h1-6,9H,7H2/t9-/m0/s1. The van der Waals surface area contributed by atoms with Gasteiger partial charge in [-0.25, -0.2) is 0 Å². The van der Waals surface area contributed by atoms with E-state index in [9.17, 15) is 0 Å². The van der Waals surface area contributed by atoms with E-state index in [0.29, 0.717) is 0 Å². The molecule has 1 aliphatic carbocycles. The summed E-state index contributed by atoms with van der Waals surface area (Å²) in [5.41, 5.74) is 1.47. The predicted octanol–water partition coefficient (Wildman–Crippen LogP) is 2.38. The zero-order chi connectivity index (χ0) is 6.10. The van der Waals surface area contributed by atoms with Gasteiger partial charge < -0.3 is 0 Å². The summed E-state index contributed by atoms with van der Waals surface area (Å²) in [6, 6.07) is 10.6. The molecule has 0 aromatic heterocycles. The van der Waals surface area contributed by atoms with E-state index in [1.807, 2.05) is 0 Å². The molecule has 1 radical (unpaired) electrons. The molecule has 1 fully saturated rings. The maximum atomic E-state index is 2.33. The summed E-state index contributed by atoms with van der Waals surface area (Å²) in [4.78, 5) is 0. The fourth-order valence-electron chi connectivity index (χ4n) is 1.04. The average Bonchev–Trinajstić information content (AvgIpc) is 2.71. The van der Waals surface area contributed by atoms with Crippen LogP contribution in [0.3, 0.4) is 0 Å². The first-order chi connectivity index (χ1) is 4.47. The van der Waals surface area contributed by atoms with Crippen molar-refractivity contribution in [3.63, 3.8) is 0 Å². The third kappa shape index (κ3) is 0.973. The molecule has 1 aliphatic rings. The number of benzene rings is 1. The molecular weight excluding hydrogens is 108 g/mol. The largest absolute Gasteiger partial charge is 0.0622 e. The van der Waals surface area contributed by atoms with E-state index in [4.69, 9.17) is 0 Å². The third-order valence-corrected chi connectivity index (χ3v) is 1.70. The lowest BCUT2D eigenvalue weighted by molar-refractivity contribution is 1.16. The molecule has 1 saturated carbocycles. The van der Waals surface area contributed by atoms with Crippen molar-refractivity contribution in [2.45, 2.75) is 12.3 Å². The van der Waals surface area contributed by atoms with Crippen LogP contribution in [0.5, 0.6) is 0 Å². The van der Waals surface area contributed by atoms with Gasteiger partial charge in [0.1, 0.15) is 0 Å². The van der Waals surface area contributed by atoms with Crippen molar-refractivity contribution in [3.8, 4) is 0 Å². The molecule has 0 N–H and O–H groups in total. The zero-order valence-corrected chi connectivity index (χ0v) is 5.25. The molecule has 0 bridgehead atoms. The van der Waals surface area contributed by atoms with Crippen molar-refractivity contribution >= 4 is 0 Å². The molecule has 2 rings (SSSR count). The van der Waals surface area contributed by atoms with Gasteiger partial charge >= 0.3 is 0 Å². The van der Waals surface area contributed by atoms with E-state index in [-0.39, 0.29) is 0 Å². The third-order valence-electron chi connectivity index (χ3n) is 1.70. The van der Waals surface area contributed by atoms with Crippen LogP contribution in [0.1, 0.15) is 17.9 Å². The summed E-state index contributed by atoms with van der Waals surface area (Å²) in [5, 5.41) is 0. The molecule has 1 atom stereocenters. The number of hydrogen-bond acceptors (Lipinski definition) is 0. The van der Waals surface area contributed by atoms with Crippen LogP contribution in [-0.2, 0) is 0 Å². The molecule has 9 heavy (non-hydrogen) atoms. The molecular formula is C9H9. The lowest BCUT2D eigenvalue weighted by atomic mass is 10.1. The van der Waals surface area contributed by atoms with Gasteiger partial charge in [0, 0.05) is 0 Å². The molecule has 0 unspecified atom stereocenters. The Hall–Kier alpha value is -0.780. The highest BCUT2D eigenvalue weighted by atomic mass is 14.3. The van der Waals surface area contributed by atoms with Crippen LogP contribution in [-0.4, -0.2) is 0 Å². The van der Waals surface area contributed by atoms with Gasteiger partial charge in [0.2, 0.25) is 0 Å². The van der Waals surface area contributed by atoms with Gasteiger partial charge in [-0.1, -0.05) is 30.3 Å². The summed E-state index contributed by atoms with van der Waals surface area (Å²) < 4.78 is 0. The van der Waals surface area contributed by atoms with Gasteiger partial charge in [-0.05, 0) is 24.3 Å². The normalized spacial score (nSPS) is 17.8. The molecule has 0 heterocycles. The van der Waals surface area contributed by atoms with E-state index in [1.54, 1.807) is 0 Å². The van der Waals surface area contributed by atoms with Crippen molar-refractivity contribution in [2.24, 2.45) is 0 Å². The molecule has 1 aromatic carbocycles. The quantitative estimate of drug-likeness (QED) is 0.529. The summed E-state index contributed by atoms with van der Waals surface area (Å²) in [6.45, 7) is 0. The van der Waals surface area contributed by atoms with Crippen molar-refractivity contribution in [3.05, 3.63) is 42.3 Å². The number of rotatable bonds is 1. The van der Waals surface area contributed by atoms with E-state index in [1.165, 1.54) is 12.0 Å². The minimum Gasteiger partial charge on any atom is -0.0622 e. The van der Waals surface area contributed by atoms with Crippen LogP contribution < -0.4 is 0 Å². The van der Waals surface area contributed by atoms with E-state index in [0.717, 1.165) is 5.92 Å². The van der Waals surface area contributed by atoms with Gasteiger partial charge in [0.25, 0.3) is 0 Å². The monoisotopic (exact) mass is 117 g/mol. The Labute approximate surface area is 55.5 Å². The Morgan fingerprint density at radius 2 is 1.78 bits per heavy atom. The summed E-state index contributed by atoms with van der Waals surface area (Å²) in [7, 11) is 0. The first-order valence-corrected chi connectivity index (χ1v) is 3.35. The highest BCUT2D eigenvalue weighted by Crippen LogP contribution is 2.38. The summed E-state index contributed by atoms with van der Waals surface area (Å²) >= 11 is 0. The topological polar surface area (TPSA) is 0 Å². The van der Waals surface area contributed by atoms with Crippen molar-refractivity contribution in [1.82, 2.24) is 0 Å². The molecule has 0 saturated heterocycles. The van der Waals surface area contributed by atoms with Gasteiger partial charge in [0.05, 0.1) is 0 Å². The first-order valence-electron chi connectivity index (χ1n) is 3.35. The van der Waals surface area contributed by atoms with Crippen molar-refractivity contribution in [1.29, 1.82) is 0 Å². The second-order valence-corrected chi connectivity index (χ2v) is 2.49. The molecule has 0 amide bonds. The second kappa shape index (κ2) is 1.87. The molecule has 0 heteroatoms. The van der Waals surface area contributed by atoms with E-state index in [2.05, 4.69) is 36.8 Å². The fraction of sp³-hybridized carbons (Fsp3) is 0.222. The zero-order valence-electron chi connectivity index (χ0n) is 5.25. The minimum absolute atomic E-state index is 0.784. The maximum absolute atomic E-state index is 2.33. The average molecular weight is 117 g/mol.